The van der Waals surface area contributed by atoms with E-state index >= 15 is 0 Å². The largest absolute Gasteiger partial charge is 0.344 e. The predicted octanol–water partition coefficient (Wildman–Crippen LogP) is 2.38. The Morgan fingerprint density at radius 3 is 2.36 bits per heavy atom. The number of hydrogen-bond donors (Lipinski definition) is 0. The van der Waals surface area contributed by atoms with Gasteiger partial charge in [0.15, 0.2) is 0 Å². The van der Waals surface area contributed by atoms with E-state index in [2.05, 4.69) is 6.08 Å². The van der Waals surface area contributed by atoms with Crippen LogP contribution in [0.4, 0.5) is 0 Å². The van der Waals surface area contributed by atoms with Crippen molar-refractivity contribution in [3.05, 3.63) is 60.7 Å². The van der Waals surface area contributed by atoms with Gasteiger partial charge in [0.1, 0.15) is 0 Å². The Morgan fingerprint density at radius 2 is 1.82 bits per heavy atom. The van der Waals surface area contributed by atoms with Crippen molar-refractivity contribution in [2.24, 2.45) is 0 Å². The van der Waals surface area contributed by atoms with Crippen molar-refractivity contribution in [1.29, 1.82) is 0 Å². The van der Waals surface area contributed by atoms with Crippen molar-refractivity contribution in [2.75, 3.05) is 0 Å². The summed E-state index contributed by atoms with van der Waals surface area (Å²) in [6.45, 7) is 5.13. The van der Waals surface area contributed by atoms with E-state index in [9.17, 15) is 0 Å². The third-order valence-corrected chi connectivity index (χ3v) is 1.12. The molecule has 0 nitrogen and oxygen atoms in total. The predicted molar refractivity (Wildman–Crippen MR) is 42.2 cm³/mol. The molecule has 0 heterocycles. The van der Waals surface area contributed by atoms with Crippen LogP contribution in [0.1, 0.15) is 5.56 Å². The van der Waals surface area contributed by atoms with Crippen LogP contribution in [-0.4, -0.2) is 0 Å². The Kier molecular flexibility index (Phi) is 6.39. The number of rotatable bonds is 2. The van der Waals surface area contributed by atoms with Crippen LogP contribution in [-0.2, 0) is 32.7 Å². The molecule has 0 aliphatic carbocycles. The fourth-order valence-electron chi connectivity index (χ4n) is 0.679. The van der Waals surface area contributed by atoms with Crippen molar-refractivity contribution >= 4 is 0 Å². The van der Waals surface area contributed by atoms with Gasteiger partial charge in [-0.3, -0.25) is 6.08 Å². The fourth-order valence-corrected chi connectivity index (χ4v) is 0.679. The number of allylic oxidation sites excluding steroid dienone is 2. The third-order valence-electron chi connectivity index (χ3n) is 1.12. The van der Waals surface area contributed by atoms with E-state index < -0.39 is 0 Å². The van der Waals surface area contributed by atoms with Crippen molar-refractivity contribution < 1.29 is 32.7 Å². The molecule has 0 atom stereocenters. The summed E-state index contributed by atoms with van der Waals surface area (Å²) < 4.78 is 0. The first-order valence-corrected chi connectivity index (χ1v) is 3.12. The molecule has 0 saturated heterocycles. The van der Waals surface area contributed by atoms with E-state index in [0.29, 0.717) is 0 Å². The van der Waals surface area contributed by atoms with Crippen LogP contribution in [0.2, 0.25) is 0 Å². The van der Waals surface area contributed by atoms with Gasteiger partial charge < -0.3 is 12.7 Å². The van der Waals surface area contributed by atoms with E-state index in [4.69, 9.17) is 6.58 Å². The van der Waals surface area contributed by atoms with Crippen LogP contribution < -0.4 is 0 Å². The summed E-state index contributed by atoms with van der Waals surface area (Å²) >= 11 is 0. The molecule has 1 aromatic rings. The van der Waals surface area contributed by atoms with Crippen molar-refractivity contribution in [2.45, 2.75) is 0 Å². The van der Waals surface area contributed by atoms with Gasteiger partial charge in [-0.25, -0.2) is 6.08 Å². The molecule has 1 aromatic carbocycles. The first-order valence-electron chi connectivity index (χ1n) is 3.12. The molecule has 0 N–H and O–H groups in total. The van der Waals surface area contributed by atoms with Gasteiger partial charge in [0.25, 0.3) is 0 Å². The normalized spacial score (nSPS) is 9.09. The van der Waals surface area contributed by atoms with Crippen LogP contribution in [0.5, 0.6) is 0 Å². The monoisotopic (exact) mass is 217 g/mol. The minimum Gasteiger partial charge on any atom is -0.344 e. The van der Waals surface area contributed by atoms with Crippen LogP contribution in [0.15, 0.2) is 42.5 Å². The second-order valence-electron chi connectivity index (χ2n) is 1.87. The summed E-state index contributed by atoms with van der Waals surface area (Å²) in [7, 11) is 0. The number of hydrogen-bond acceptors (Lipinski definition) is 0. The Hall–Kier alpha value is -0.196. The minimum absolute atomic E-state index is 0. The van der Waals surface area contributed by atoms with Gasteiger partial charge in [-0.15, -0.1) is 24.3 Å². The Balaban J connectivity index is 0.000001000. The van der Waals surface area contributed by atoms with Gasteiger partial charge in [-0.2, -0.15) is 5.56 Å². The topological polar surface area (TPSA) is 0 Å². The summed E-state index contributed by atoms with van der Waals surface area (Å²) in [6, 6.07) is 9.84. The molecule has 53 valence electrons. The zero-order valence-electron chi connectivity index (χ0n) is 6.20. The quantitative estimate of drug-likeness (QED) is 0.527. The van der Waals surface area contributed by atoms with Gasteiger partial charge in [0.2, 0.25) is 0 Å². The summed E-state index contributed by atoms with van der Waals surface area (Å²) in [6.07, 6.45) is 6.14. The van der Waals surface area contributed by atoms with Crippen LogP contribution in [0.3, 0.4) is 0 Å². The van der Waals surface area contributed by atoms with Gasteiger partial charge >= 0.3 is 0 Å². The Labute approximate surface area is 92.9 Å². The second kappa shape index (κ2) is 6.51. The molecule has 1 rings (SSSR count). The van der Waals surface area contributed by atoms with E-state index in [-0.39, 0.29) is 32.7 Å². The van der Waals surface area contributed by atoms with Crippen molar-refractivity contribution in [3.63, 3.8) is 0 Å². The summed E-state index contributed by atoms with van der Waals surface area (Å²) in [5, 5.41) is 0. The molecule has 0 fully saturated rings. The average Bonchev–Trinajstić information content (AvgIpc) is 2.03. The van der Waals surface area contributed by atoms with E-state index in [1.165, 1.54) is 6.08 Å². The Bertz CT molecular complexity index is 224. The molecule has 0 bridgehead atoms. The third kappa shape index (κ3) is 4.29. The van der Waals surface area contributed by atoms with E-state index in [1.54, 1.807) is 6.08 Å². The zero-order valence-corrected chi connectivity index (χ0v) is 9.03. The molecule has 0 aliphatic heterocycles. The zero-order chi connectivity index (χ0) is 7.23. The minimum atomic E-state index is 0. The maximum Gasteiger partial charge on any atom is 0 e. The van der Waals surface area contributed by atoms with Crippen LogP contribution >= 0.6 is 0 Å². The average molecular weight is 217 g/mol. The van der Waals surface area contributed by atoms with Gasteiger partial charge in [0, 0.05) is 32.7 Å². The second-order valence-corrected chi connectivity index (χ2v) is 1.87. The molecule has 0 aliphatic rings. The summed E-state index contributed by atoms with van der Waals surface area (Å²) in [5.74, 6) is 0. The smallest absolute Gasteiger partial charge is 0 e. The van der Waals surface area contributed by atoms with Gasteiger partial charge in [-0.1, -0.05) is 6.07 Å². The van der Waals surface area contributed by atoms with E-state index in [0.717, 1.165) is 5.56 Å². The summed E-state index contributed by atoms with van der Waals surface area (Å²) in [5.41, 5.74) is 1.05. The molecule has 1 heteroatoms. The SMILES string of the molecule is [CH-]=CC=[C-]c1ccccc1.[Y]. The summed E-state index contributed by atoms with van der Waals surface area (Å²) in [4.78, 5) is 0. The molecule has 0 unspecified atom stereocenters. The molecular weight excluding hydrogens is 209 g/mol. The molecular formula is C10H8Y-2. The molecule has 1 radical (unpaired) electrons. The molecule has 0 saturated carbocycles. The first-order chi connectivity index (χ1) is 4.93. The standard InChI is InChI=1S/C10H8.Y/c1-2-3-7-10-8-5-4-6-9-10;/h1-6,8-9H;/q-2;. The van der Waals surface area contributed by atoms with Crippen LogP contribution in [0.25, 0.3) is 0 Å². The molecule has 0 spiro atoms. The van der Waals surface area contributed by atoms with Gasteiger partial charge in [-0.05, 0) is 0 Å². The maximum atomic E-state index is 5.13. The van der Waals surface area contributed by atoms with Crippen LogP contribution in [0, 0.1) is 12.7 Å². The van der Waals surface area contributed by atoms with Crippen molar-refractivity contribution in [3.8, 4) is 0 Å². The number of benzene rings is 1. The Morgan fingerprint density at radius 1 is 1.18 bits per heavy atom. The van der Waals surface area contributed by atoms with E-state index in [1.807, 2.05) is 30.3 Å². The maximum absolute atomic E-state index is 5.13. The molecule has 0 amide bonds. The molecule has 0 aromatic heterocycles. The van der Waals surface area contributed by atoms with Crippen molar-refractivity contribution in [1.82, 2.24) is 0 Å². The van der Waals surface area contributed by atoms with Gasteiger partial charge in [0.05, 0.1) is 0 Å². The fraction of sp³-hybridized carbons (Fsp3) is 0. The molecule has 11 heavy (non-hydrogen) atoms. The first kappa shape index (κ1) is 10.8.